The predicted octanol–water partition coefficient (Wildman–Crippen LogP) is 3.93. The van der Waals surface area contributed by atoms with Crippen LogP contribution in [-0.4, -0.2) is 20.8 Å². The average Bonchev–Trinajstić information content (AvgIpc) is 3.30. The third-order valence-electron chi connectivity index (χ3n) is 4.01. The lowest BCUT2D eigenvalue weighted by molar-refractivity contribution is 0.343. The average molecular weight is 277 g/mol. The van der Waals surface area contributed by atoms with E-state index in [4.69, 9.17) is 9.47 Å². The minimum atomic E-state index is 0.362. The highest BCUT2D eigenvalue weighted by molar-refractivity contribution is 5.48. The number of nitrogens with one attached hydrogen (secondary N) is 1. The molecule has 3 heteroatoms. The summed E-state index contributed by atoms with van der Waals surface area (Å²) in [6, 6.07) is 6.52. The summed E-state index contributed by atoms with van der Waals surface area (Å²) >= 11 is 0. The normalized spacial score (nSPS) is 15.9. The van der Waals surface area contributed by atoms with Gasteiger partial charge in [0.15, 0.2) is 11.5 Å². The van der Waals surface area contributed by atoms with Gasteiger partial charge in [0.1, 0.15) is 0 Å². The van der Waals surface area contributed by atoms with Crippen molar-refractivity contribution in [3.05, 3.63) is 23.8 Å². The van der Waals surface area contributed by atoms with Crippen molar-refractivity contribution in [1.29, 1.82) is 0 Å². The Balaban J connectivity index is 2.16. The first-order chi connectivity index (χ1) is 9.80. The highest BCUT2D eigenvalue weighted by atomic mass is 16.5. The zero-order valence-electron chi connectivity index (χ0n) is 12.9. The van der Waals surface area contributed by atoms with Gasteiger partial charge < -0.3 is 14.8 Å². The second-order valence-corrected chi connectivity index (χ2v) is 5.61. The molecular weight excluding hydrogens is 250 g/mol. The van der Waals surface area contributed by atoms with Crippen molar-refractivity contribution >= 4 is 0 Å². The highest BCUT2D eigenvalue weighted by Crippen LogP contribution is 2.39. The Labute approximate surface area is 122 Å². The first-order valence-electron chi connectivity index (χ1n) is 7.74. The maximum absolute atomic E-state index is 5.59. The van der Waals surface area contributed by atoms with Crippen LogP contribution in [0.3, 0.4) is 0 Å². The first kappa shape index (κ1) is 15.2. The standard InChI is InChI=1S/C17H27NO2/c1-4-12-18-15(11-10-13-8-9-13)14-6-5-7-16(19-2)17(14)20-3/h5-7,13,15,18H,4,8-12H2,1-3H3. The quantitative estimate of drug-likeness (QED) is 0.741. The molecule has 0 aliphatic heterocycles. The number of para-hydroxylation sites is 1. The molecule has 1 unspecified atom stereocenters. The van der Waals surface area contributed by atoms with E-state index < -0.39 is 0 Å². The van der Waals surface area contributed by atoms with E-state index in [9.17, 15) is 0 Å². The van der Waals surface area contributed by atoms with Gasteiger partial charge in [-0.25, -0.2) is 0 Å². The number of ether oxygens (including phenoxy) is 2. The van der Waals surface area contributed by atoms with Crippen LogP contribution in [0.5, 0.6) is 11.5 Å². The van der Waals surface area contributed by atoms with E-state index in [0.29, 0.717) is 6.04 Å². The van der Waals surface area contributed by atoms with Crippen LogP contribution >= 0.6 is 0 Å². The summed E-state index contributed by atoms with van der Waals surface area (Å²) in [5, 5.41) is 3.66. The Morgan fingerprint density at radius 1 is 1.25 bits per heavy atom. The van der Waals surface area contributed by atoms with Gasteiger partial charge in [-0.05, 0) is 37.8 Å². The molecule has 112 valence electrons. The molecule has 0 saturated heterocycles. The smallest absolute Gasteiger partial charge is 0.165 e. The van der Waals surface area contributed by atoms with Gasteiger partial charge in [-0.3, -0.25) is 0 Å². The molecule has 1 fully saturated rings. The van der Waals surface area contributed by atoms with Crippen molar-refractivity contribution < 1.29 is 9.47 Å². The van der Waals surface area contributed by atoms with E-state index in [-0.39, 0.29) is 0 Å². The molecule has 1 N–H and O–H groups in total. The minimum absolute atomic E-state index is 0.362. The Hall–Kier alpha value is -1.22. The van der Waals surface area contributed by atoms with Crippen molar-refractivity contribution in [1.82, 2.24) is 5.32 Å². The fourth-order valence-corrected chi connectivity index (χ4v) is 2.68. The Morgan fingerprint density at radius 3 is 2.65 bits per heavy atom. The maximum Gasteiger partial charge on any atom is 0.165 e. The molecule has 0 amide bonds. The van der Waals surface area contributed by atoms with Gasteiger partial charge in [0.05, 0.1) is 14.2 Å². The molecule has 0 radical (unpaired) electrons. The van der Waals surface area contributed by atoms with Gasteiger partial charge in [0.2, 0.25) is 0 Å². The fourth-order valence-electron chi connectivity index (χ4n) is 2.68. The molecule has 0 aromatic heterocycles. The van der Waals surface area contributed by atoms with E-state index in [0.717, 1.165) is 30.4 Å². The van der Waals surface area contributed by atoms with Gasteiger partial charge in [0.25, 0.3) is 0 Å². The molecule has 0 bridgehead atoms. The van der Waals surface area contributed by atoms with Crippen molar-refractivity contribution in [3.63, 3.8) is 0 Å². The third kappa shape index (κ3) is 3.89. The summed E-state index contributed by atoms with van der Waals surface area (Å²) in [5.74, 6) is 2.65. The first-order valence-corrected chi connectivity index (χ1v) is 7.74. The zero-order valence-corrected chi connectivity index (χ0v) is 12.9. The summed E-state index contributed by atoms with van der Waals surface area (Å²) < 4.78 is 11.0. The van der Waals surface area contributed by atoms with Crippen LogP contribution in [0, 0.1) is 5.92 Å². The van der Waals surface area contributed by atoms with Gasteiger partial charge in [-0.2, -0.15) is 0 Å². The highest BCUT2D eigenvalue weighted by Gasteiger charge is 2.24. The van der Waals surface area contributed by atoms with E-state index in [1.54, 1.807) is 14.2 Å². The van der Waals surface area contributed by atoms with E-state index >= 15 is 0 Å². The van der Waals surface area contributed by atoms with Crippen LogP contribution < -0.4 is 14.8 Å². The summed E-state index contributed by atoms with van der Waals surface area (Å²) in [5.41, 5.74) is 1.22. The number of hydrogen-bond acceptors (Lipinski definition) is 3. The lowest BCUT2D eigenvalue weighted by atomic mass is 9.99. The van der Waals surface area contributed by atoms with Gasteiger partial charge >= 0.3 is 0 Å². The number of rotatable bonds is 9. The van der Waals surface area contributed by atoms with Crippen molar-refractivity contribution in [2.24, 2.45) is 5.92 Å². The number of hydrogen-bond donors (Lipinski definition) is 1. The Bertz CT molecular complexity index is 415. The Morgan fingerprint density at radius 2 is 2.05 bits per heavy atom. The molecule has 1 aliphatic carbocycles. The second kappa shape index (κ2) is 7.53. The minimum Gasteiger partial charge on any atom is -0.493 e. The SMILES string of the molecule is CCCNC(CCC1CC1)c1cccc(OC)c1OC. The van der Waals surface area contributed by atoms with E-state index in [2.05, 4.69) is 24.4 Å². The molecule has 3 nitrogen and oxygen atoms in total. The molecule has 1 aromatic carbocycles. The fraction of sp³-hybridized carbons (Fsp3) is 0.647. The monoisotopic (exact) mass is 277 g/mol. The zero-order chi connectivity index (χ0) is 14.4. The van der Waals surface area contributed by atoms with Gasteiger partial charge in [0, 0.05) is 11.6 Å². The number of benzene rings is 1. The summed E-state index contributed by atoms with van der Waals surface area (Å²) in [7, 11) is 3.42. The van der Waals surface area contributed by atoms with Crippen LogP contribution in [0.25, 0.3) is 0 Å². The molecular formula is C17H27NO2. The van der Waals surface area contributed by atoms with Crippen molar-refractivity contribution in [2.75, 3.05) is 20.8 Å². The van der Waals surface area contributed by atoms with Crippen LogP contribution in [0.15, 0.2) is 18.2 Å². The predicted molar refractivity (Wildman–Crippen MR) is 82.5 cm³/mol. The van der Waals surface area contributed by atoms with Crippen LogP contribution in [0.2, 0.25) is 0 Å². The lowest BCUT2D eigenvalue weighted by Crippen LogP contribution is -2.23. The third-order valence-corrected chi connectivity index (χ3v) is 4.01. The van der Waals surface area contributed by atoms with Crippen LogP contribution in [-0.2, 0) is 0 Å². The molecule has 1 aliphatic rings. The van der Waals surface area contributed by atoms with Gasteiger partial charge in [-0.15, -0.1) is 0 Å². The topological polar surface area (TPSA) is 30.5 Å². The maximum atomic E-state index is 5.59. The molecule has 1 aromatic rings. The van der Waals surface area contributed by atoms with Crippen LogP contribution in [0.1, 0.15) is 50.6 Å². The van der Waals surface area contributed by atoms with Crippen molar-refractivity contribution in [2.45, 2.75) is 45.1 Å². The number of methoxy groups -OCH3 is 2. The molecule has 20 heavy (non-hydrogen) atoms. The molecule has 0 spiro atoms. The summed E-state index contributed by atoms with van der Waals surface area (Å²) in [6.07, 6.45) is 6.45. The molecule has 1 saturated carbocycles. The summed E-state index contributed by atoms with van der Waals surface area (Å²) in [6.45, 7) is 3.24. The second-order valence-electron chi connectivity index (χ2n) is 5.61. The lowest BCUT2D eigenvalue weighted by Gasteiger charge is -2.22. The summed E-state index contributed by atoms with van der Waals surface area (Å²) in [4.78, 5) is 0. The van der Waals surface area contributed by atoms with Gasteiger partial charge in [-0.1, -0.05) is 31.9 Å². The Kier molecular flexibility index (Phi) is 5.72. The molecule has 0 heterocycles. The van der Waals surface area contributed by atoms with Crippen LogP contribution in [0.4, 0.5) is 0 Å². The molecule has 2 rings (SSSR count). The molecule has 1 atom stereocenters. The largest absolute Gasteiger partial charge is 0.493 e. The van der Waals surface area contributed by atoms with Crippen molar-refractivity contribution in [3.8, 4) is 11.5 Å². The van der Waals surface area contributed by atoms with E-state index in [1.807, 2.05) is 6.07 Å². The van der Waals surface area contributed by atoms with E-state index in [1.165, 1.54) is 31.2 Å².